The summed E-state index contributed by atoms with van der Waals surface area (Å²) in [5, 5.41) is 0.468. The number of Topliss-reactive ketones (excluding diaryl/α,β-unsaturated/α-hetero) is 2. The lowest BCUT2D eigenvalue weighted by molar-refractivity contribution is 0.0894. The van der Waals surface area contributed by atoms with Crippen molar-refractivity contribution in [3.8, 4) is 0 Å². The van der Waals surface area contributed by atoms with Crippen LogP contribution in [0.5, 0.6) is 0 Å². The molecule has 1 unspecified atom stereocenters. The lowest BCUT2D eigenvalue weighted by Gasteiger charge is -2.17. The van der Waals surface area contributed by atoms with E-state index in [-0.39, 0.29) is 18.0 Å². The predicted molar refractivity (Wildman–Crippen MR) is 105 cm³/mol. The first-order chi connectivity index (χ1) is 12.6. The van der Waals surface area contributed by atoms with Crippen LogP contribution in [-0.4, -0.2) is 11.6 Å². The van der Waals surface area contributed by atoms with E-state index in [0.29, 0.717) is 21.8 Å². The molecule has 0 bridgehead atoms. The van der Waals surface area contributed by atoms with Gasteiger partial charge in [-0.25, -0.2) is 0 Å². The van der Waals surface area contributed by atoms with Crippen LogP contribution in [-0.2, 0) is 0 Å². The number of rotatable bonds is 6. The van der Waals surface area contributed by atoms with Crippen molar-refractivity contribution in [2.24, 2.45) is 0 Å². The summed E-state index contributed by atoms with van der Waals surface area (Å²) in [5.41, 5.74) is 8.06. The molecule has 0 fully saturated rings. The van der Waals surface area contributed by atoms with Crippen LogP contribution in [0.15, 0.2) is 78.9 Å². The molecule has 0 aliphatic rings. The molecule has 0 amide bonds. The smallest absolute Gasteiger partial charge is 0.172 e. The second-order valence-electron chi connectivity index (χ2n) is 6.05. The number of carbonyl (C=O) groups is 2. The number of ketones is 2. The lowest BCUT2D eigenvalue weighted by Crippen LogP contribution is -2.18. The molecule has 3 aromatic rings. The van der Waals surface area contributed by atoms with Crippen molar-refractivity contribution in [3.05, 3.63) is 101 Å². The van der Waals surface area contributed by atoms with Crippen molar-refractivity contribution < 1.29 is 9.59 Å². The predicted octanol–water partition coefficient (Wildman–Crippen LogP) is 5.16. The first-order valence-electron chi connectivity index (χ1n) is 8.28. The standard InChI is InChI=1S/C22H18ClNO2/c23-17-11-12-18(20(24)13-17)22(26)19(15-7-3-1-4-8-15)14-21(25)16-9-5-2-6-10-16/h1-13,19H,14,24H2. The highest BCUT2D eigenvalue weighted by Crippen LogP contribution is 2.29. The Morgan fingerprint density at radius 3 is 2.12 bits per heavy atom. The van der Waals surface area contributed by atoms with Gasteiger partial charge in [0.25, 0.3) is 0 Å². The van der Waals surface area contributed by atoms with Crippen LogP contribution in [0.25, 0.3) is 0 Å². The van der Waals surface area contributed by atoms with Crippen LogP contribution in [0.4, 0.5) is 5.69 Å². The molecule has 4 heteroatoms. The van der Waals surface area contributed by atoms with E-state index in [1.54, 1.807) is 30.3 Å². The van der Waals surface area contributed by atoms with Gasteiger partial charge in [0, 0.05) is 28.3 Å². The van der Waals surface area contributed by atoms with Crippen molar-refractivity contribution in [1.82, 2.24) is 0 Å². The van der Waals surface area contributed by atoms with Crippen LogP contribution < -0.4 is 5.73 Å². The molecule has 3 nitrogen and oxygen atoms in total. The molecular weight excluding hydrogens is 346 g/mol. The van der Waals surface area contributed by atoms with E-state index in [1.807, 2.05) is 48.5 Å². The highest BCUT2D eigenvalue weighted by Gasteiger charge is 2.26. The first-order valence-corrected chi connectivity index (χ1v) is 8.66. The lowest BCUT2D eigenvalue weighted by atomic mass is 9.85. The Labute approximate surface area is 157 Å². The van der Waals surface area contributed by atoms with E-state index in [4.69, 9.17) is 17.3 Å². The second kappa shape index (κ2) is 7.98. The molecule has 0 aliphatic heterocycles. The number of nitrogens with two attached hydrogens (primary N) is 1. The summed E-state index contributed by atoms with van der Waals surface area (Å²) in [6.45, 7) is 0. The Bertz CT molecular complexity index is 923. The molecule has 0 aromatic heterocycles. The Morgan fingerprint density at radius 1 is 0.885 bits per heavy atom. The summed E-state index contributed by atoms with van der Waals surface area (Å²) in [6, 6.07) is 23.1. The SMILES string of the molecule is Nc1cc(Cl)ccc1C(=O)C(CC(=O)c1ccccc1)c1ccccc1. The third-order valence-electron chi connectivity index (χ3n) is 4.28. The fraction of sp³-hybridized carbons (Fsp3) is 0.0909. The molecule has 0 aliphatic carbocycles. The van der Waals surface area contributed by atoms with Crippen LogP contribution in [0, 0.1) is 0 Å². The van der Waals surface area contributed by atoms with Gasteiger partial charge in [-0.15, -0.1) is 0 Å². The third kappa shape index (κ3) is 4.01. The number of nitrogen functional groups attached to an aromatic ring is 1. The second-order valence-corrected chi connectivity index (χ2v) is 6.49. The monoisotopic (exact) mass is 363 g/mol. The van der Waals surface area contributed by atoms with E-state index < -0.39 is 5.92 Å². The van der Waals surface area contributed by atoms with Crippen LogP contribution in [0.3, 0.4) is 0 Å². The largest absolute Gasteiger partial charge is 0.398 e. The highest BCUT2D eigenvalue weighted by molar-refractivity contribution is 6.31. The van der Waals surface area contributed by atoms with Crippen LogP contribution in [0.1, 0.15) is 38.6 Å². The highest BCUT2D eigenvalue weighted by atomic mass is 35.5. The molecule has 3 rings (SSSR count). The fourth-order valence-electron chi connectivity index (χ4n) is 2.92. The minimum atomic E-state index is -0.604. The third-order valence-corrected chi connectivity index (χ3v) is 4.52. The van der Waals surface area contributed by atoms with Gasteiger partial charge in [-0.05, 0) is 23.8 Å². The number of hydrogen-bond acceptors (Lipinski definition) is 3. The number of benzene rings is 3. The van der Waals surface area contributed by atoms with Gasteiger partial charge in [-0.2, -0.15) is 0 Å². The summed E-state index contributed by atoms with van der Waals surface area (Å²) in [7, 11) is 0. The number of hydrogen-bond donors (Lipinski definition) is 1. The fourth-order valence-corrected chi connectivity index (χ4v) is 3.10. The number of carbonyl (C=O) groups excluding carboxylic acids is 2. The maximum atomic E-state index is 13.2. The number of halogens is 1. The van der Waals surface area contributed by atoms with Gasteiger partial charge in [0.15, 0.2) is 11.6 Å². The molecule has 1 atom stereocenters. The van der Waals surface area contributed by atoms with Crippen molar-refractivity contribution >= 4 is 28.9 Å². The minimum absolute atomic E-state index is 0.0783. The van der Waals surface area contributed by atoms with Gasteiger partial charge in [0.05, 0.1) is 5.92 Å². The van der Waals surface area contributed by atoms with Crippen molar-refractivity contribution in [2.45, 2.75) is 12.3 Å². The van der Waals surface area contributed by atoms with Crippen molar-refractivity contribution in [3.63, 3.8) is 0 Å². The van der Waals surface area contributed by atoms with Crippen LogP contribution in [0.2, 0.25) is 5.02 Å². The molecule has 130 valence electrons. The van der Waals surface area contributed by atoms with E-state index in [0.717, 1.165) is 5.56 Å². The normalized spacial score (nSPS) is 11.7. The molecule has 0 saturated heterocycles. The average Bonchev–Trinajstić information content (AvgIpc) is 2.67. The van der Waals surface area contributed by atoms with E-state index in [9.17, 15) is 9.59 Å². The quantitative estimate of drug-likeness (QED) is 0.486. The molecule has 0 radical (unpaired) electrons. The summed E-state index contributed by atoms with van der Waals surface area (Å²) in [5.74, 6) is -0.873. The van der Waals surface area contributed by atoms with Crippen molar-refractivity contribution in [1.29, 1.82) is 0 Å². The molecule has 0 saturated carbocycles. The Morgan fingerprint density at radius 2 is 1.50 bits per heavy atom. The van der Waals surface area contributed by atoms with Gasteiger partial charge in [0.1, 0.15) is 0 Å². The Hall–Kier alpha value is -2.91. The topological polar surface area (TPSA) is 60.2 Å². The summed E-state index contributed by atoms with van der Waals surface area (Å²) < 4.78 is 0. The molecular formula is C22H18ClNO2. The zero-order valence-corrected chi connectivity index (χ0v) is 14.8. The summed E-state index contributed by atoms with van der Waals surface area (Å²) in [6.07, 6.45) is 0.0783. The number of anilines is 1. The van der Waals surface area contributed by atoms with E-state index >= 15 is 0 Å². The molecule has 3 aromatic carbocycles. The van der Waals surface area contributed by atoms with Crippen LogP contribution >= 0.6 is 11.6 Å². The van der Waals surface area contributed by atoms with Gasteiger partial charge < -0.3 is 5.73 Å². The van der Waals surface area contributed by atoms with Gasteiger partial charge >= 0.3 is 0 Å². The van der Waals surface area contributed by atoms with Gasteiger partial charge in [-0.3, -0.25) is 9.59 Å². The zero-order chi connectivity index (χ0) is 18.5. The zero-order valence-electron chi connectivity index (χ0n) is 14.1. The Kier molecular flexibility index (Phi) is 5.49. The average molecular weight is 364 g/mol. The first kappa shape index (κ1) is 17.9. The minimum Gasteiger partial charge on any atom is -0.398 e. The van der Waals surface area contributed by atoms with E-state index in [2.05, 4.69) is 0 Å². The summed E-state index contributed by atoms with van der Waals surface area (Å²) >= 11 is 5.94. The maximum absolute atomic E-state index is 13.2. The molecule has 26 heavy (non-hydrogen) atoms. The summed E-state index contributed by atoms with van der Waals surface area (Å²) in [4.78, 5) is 25.9. The van der Waals surface area contributed by atoms with Gasteiger partial charge in [-0.1, -0.05) is 72.3 Å². The molecule has 0 heterocycles. The molecule has 2 N–H and O–H groups in total. The molecule has 0 spiro atoms. The van der Waals surface area contributed by atoms with Gasteiger partial charge in [0.2, 0.25) is 0 Å². The van der Waals surface area contributed by atoms with Crippen molar-refractivity contribution in [2.75, 3.05) is 5.73 Å². The van der Waals surface area contributed by atoms with E-state index in [1.165, 1.54) is 0 Å². The Balaban J connectivity index is 1.96. The maximum Gasteiger partial charge on any atom is 0.172 e.